The number of ether oxygens (including phenoxy) is 3. The summed E-state index contributed by atoms with van der Waals surface area (Å²) in [5.74, 6) is -1.77. The second-order valence-corrected chi connectivity index (χ2v) is 15.5. The zero-order valence-corrected chi connectivity index (χ0v) is 35.8. The van der Waals surface area contributed by atoms with Gasteiger partial charge in [0, 0.05) is 19.3 Å². The highest BCUT2D eigenvalue weighted by atomic mass is 16.6. The molecule has 55 heavy (non-hydrogen) atoms. The van der Waals surface area contributed by atoms with Gasteiger partial charge in [0.25, 0.3) is 0 Å². The summed E-state index contributed by atoms with van der Waals surface area (Å²) in [6.07, 6.45) is 45.3. The molecule has 2 unspecified atom stereocenters. The molecule has 316 valence electrons. The number of allylic oxidation sites excluding steroid dienone is 10. The molecule has 0 radical (unpaired) electrons. The van der Waals surface area contributed by atoms with Crippen LogP contribution in [0.3, 0.4) is 0 Å². The zero-order chi connectivity index (χ0) is 40.7. The molecule has 0 saturated carbocycles. The lowest BCUT2D eigenvalue weighted by atomic mass is 10.1. The number of carboxylic acid groups (broad SMARTS) is 1. The molecule has 0 aliphatic heterocycles. The Kier molecular flexibility index (Phi) is 35.9. The van der Waals surface area contributed by atoms with E-state index in [1.807, 2.05) is 0 Å². The summed E-state index contributed by atoms with van der Waals surface area (Å²) in [6, 6.07) is -0.730. The number of carbonyl (C=O) groups is 3. The topological polar surface area (TPSA) is 102 Å². The maximum absolute atomic E-state index is 12.7. The summed E-state index contributed by atoms with van der Waals surface area (Å²) in [7, 11) is 5.39. The van der Waals surface area contributed by atoms with Gasteiger partial charge in [-0.1, -0.05) is 139 Å². The number of nitrogens with zero attached hydrogens (tertiary/aromatic N) is 1. The van der Waals surface area contributed by atoms with Gasteiger partial charge in [-0.05, 0) is 70.6 Å². The number of unbranched alkanes of at least 4 members (excludes halogenated alkanes) is 14. The van der Waals surface area contributed by atoms with Crippen molar-refractivity contribution in [2.75, 3.05) is 41.0 Å². The van der Waals surface area contributed by atoms with Gasteiger partial charge < -0.3 is 28.6 Å². The van der Waals surface area contributed by atoms with Crippen LogP contribution in [0.2, 0.25) is 0 Å². The minimum absolute atomic E-state index is 0.0318. The smallest absolute Gasteiger partial charge is 0.306 e. The Balaban J connectivity index is 4.34. The fraction of sp³-hybridized carbons (Fsp3) is 0.723. The number of quaternary nitrogens is 1. The molecule has 0 heterocycles. The van der Waals surface area contributed by atoms with Gasteiger partial charge in [-0.15, -0.1) is 0 Å². The second kappa shape index (κ2) is 37.9. The van der Waals surface area contributed by atoms with Crippen molar-refractivity contribution < 1.29 is 38.2 Å². The van der Waals surface area contributed by atoms with Crippen molar-refractivity contribution in [3.05, 3.63) is 60.8 Å². The van der Waals surface area contributed by atoms with Gasteiger partial charge in [-0.25, -0.2) is 0 Å². The van der Waals surface area contributed by atoms with Gasteiger partial charge >= 0.3 is 11.9 Å². The van der Waals surface area contributed by atoms with E-state index in [9.17, 15) is 19.5 Å². The summed E-state index contributed by atoms with van der Waals surface area (Å²) in [4.78, 5) is 36.8. The van der Waals surface area contributed by atoms with E-state index in [0.717, 1.165) is 96.3 Å². The standard InChI is InChI=1S/C47H81NO7/c1-6-8-10-12-14-16-18-20-21-22-23-24-25-26-28-30-32-34-36-38-46(50)55-43(41-53-40-39-44(47(51)52)48(3,4)5)42-54-45(49)37-35-33-31-29-27-19-17-15-13-11-9-7-2/h8-11,14-17,20-21,43-44H,6-7,12-13,18-19,22-42H2,1-5H3/b10-8+,11-9+,16-14+,17-15+,21-20+. The number of esters is 2. The van der Waals surface area contributed by atoms with Gasteiger partial charge in [0.15, 0.2) is 6.10 Å². The molecule has 0 aliphatic carbocycles. The van der Waals surface area contributed by atoms with Gasteiger partial charge in [-0.3, -0.25) is 9.59 Å². The summed E-state index contributed by atoms with van der Waals surface area (Å²) >= 11 is 0. The van der Waals surface area contributed by atoms with E-state index in [0.29, 0.717) is 12.8 Å². The third kappa shape index (κ3) is 36.4. The first-order valence-corrected chi connectivity index (χ1v) is 21.8. The molecule has 0 rings (SSSR count). The molecular weight excluding hydrogens is 691 g/mol. The fourth-order valence-corrected chi connectivity index (χ4v) is 6.06. The van der Waals surface area contributed by atoms with Crippen molar-refractivity contribution in [1.29, 1.82) is 0 Å². The van der Waals surface area contributed by atoms with Crippen molar-refractivity contribution in [3.8, 4) is 0 Å². The lowest BCUT2D eigenvalue weighted by Crippen LogP contribution is -2.55. The minimum Gasteiger partial charge on any atom is -0.544 e. The first kappa shape index (κ1) is 52.0. The van der Waals surface area contributed by atoms with Gasteiger partial charge in [-0.2, -0.15) is 0 Å². The molecule has 0 spiro atoms. The Bertz CT molecular complexity index is 1090. The third-order valence-corrected chi connectivity index (χ3v) is 9.40. The normalized spacial score (nSPS) is 13.5. The van der Waals surface area contributed by atoms with Crippen molar-refractivity contribution in [1.82, 2.24) is 0 Å². The van der Waals surface area contributed by atoms with Gasteiger partial charge in [0.05, 0.1) is 40.3 Å². The highest BCUT2D eigenvalue weighted by Gasteiger charge is 2.25. The van der Waals surface area contributed by atoms with Gasteiger partial charge in [0.2, 0.25) is 0 Å². The number of aliphatic carboxylic acids is 1. The summed E-state index contributed by atoms with van der Waals surface area (Å²) in [5, 5.41) is 11.6. The molecule has 0 aliphatic rings. The van der Waals surface area contributed by atoms with Crippen LogP contribution in [0.5, 0.6) is 0 Å². The Labute approximate surface area is 337 Å². The van der Waals surface area contributed by atoms with Crippen LogP contribution in [0.1, 0.15) is 168 Å². The molecule has 0 N–H and O–H groups in total. The summed E-state index contributed by atoms with van der Waals surface area (Å²) in [6.45, 7) is 4.41. The molecular formula is C47H81NO7. The predicted octanol–water partition coefficient (Wildman–Crippen LogP) is 10.5. The first-order valence-electron chi connectivity index (χ1n) is 21.8. The Morgan fingerprint density at radius 1 is 0.545 bits per heavy atom. The van der Waals surface area contributed by atoms with E-state index < -0.39 is 18.1 Å². The molecule has 0 aromatic heterocycles. The van der Waals surface area contributed by atoms with E-state index in [1.165, 1.54) is 38.5 Å². The predicted molar refractivity (Wildman–Crippen MR) is 226 cm³/mol. The number of rotatable bonds is 38. The number of carboxylic acids is 1. The number of hydrogen-bond acceptors (Lipinski definition) is 7. The molecule has 8 heteroatoms. The first-order chi connectivity index (χ1) is 26.6. The van der Waals surface area contributed by atoms with E-state index in [2.05, 4.69) is 74.6 Å². The number of hydrogen-bond donors (Lipinski definition) is 0. The van der Waals surface area contributed by atoms with E-state index in [1.54, 1.807) is 21.1 Å². The second-order valence-electron chi connectivity index (χ2n) is 15.5. The van der Waals surface area contributed by atoms with E-state index in [-0.39, 0.29) is 42.7 Å². The average molecular weight is 772 g/mol. The molecule has 0 fully saturated rings. The number of likely N-dealkylation sites (N-methyl/N-ethyl adjacent to an activating group) is 1. The summed E-state index contributed by atoms with van der Waals surface area (Å²) < 4.78 is 17.1. The van der Waals surface area contributed by atoms with Crippen molar-refractivity contribution in [2.45, 2.75) is 180 Å². The Morgan fingerprint density at radius 3 is 1.42 bits per heavy atom. The average Bonchev–Trinajstić information content (AvgIpc) is 3.14. The van der Waals surface area contributed by atoms with E-state index in [4.69, 9.17) is 14.2 Å². The quantitative estimate of drug-likeness (QED) is 0.0266. The van der Waals surface area contributed by atoms with Crippen LogP contribution in [0.25, 0.3) is 0 Å². The molecule has 0 saturated heterocycles. The zero-order valence-electron chi connectivity index (χ0n) is 35.8. The largest absolute Gasteiger partial charge is 0.544 e. The van der Waals surface area contributed by atoms with Crippen molar-refractivity contribution in [2.24, 2.45) is 0 Å². The van der Waals surface area contributed by atoms with E-state index >= 15 is 0 Å². The monoisotopic (exact) mass is 772 g/mol. The van der Waals surface area contributed by atoms with Crippen LogP contribution in [0, 0.1) is 0 Å². The van der Waals surface area contributed by atoms with Crippen LogP contribution in [0.15, 0.2) is 60.8 Å². The van der Waals surface area contributed by atoms with Crippen LogP contribution in [-0.2, 0) is 28.6 Å². The Hall–Kier alpha value is -2.97. The van der Waals surface area contributed by atoms with Crippen LogP contribution >= 0.6 is 0 Å². The highest BCUT2D eigenvalue weighted by Crippen LogP contribution is 2.14. The lowest BCUT2D eigenvalue weighted by Gasteiger charge is -2.34. The number of carbonyl (C=O) groups excluding carboxylic acids is 3. The minimum atomic E-state index is -1.13. The molecule has 0 aromatic carbocycles. The molecule has 0 bridgehead atoms. The molecule has 8 nitrogen and oxygen atoms in total. The highest BCUT2D eigenvalue weighted by molar-refractivity contribution is 5.70. The lowest BCUT2D eigenvalue weighted by molar-refractivity contribution is -0.889. The third-order valence-electron chi connectivity index (χ3n) is 9.40. The molecule has 0 aromatic rings. The van der Waals surface area contributed by atoms with Gasteiger partial charge in [0.1, 0.15) is 12.6 Å². The fourth-order valence-electron chi connectivity index (χ4n) is 6.06. The van der Waals surface area contributed by atoms with Crippen molar-refractivity contribution >= 4 is 17.9 Å². The summed E-state index contributed by atoms with van der Waals surface area (Å²) in [5.41, 5.74) is 0. The van der Waals surface area contributed by atoms with Crippen LogP contribution < -0.4 is 5.11 Å². The van der Waals surface area contributed by atoms with Crippen LogP contribution in [0.4, 0.5) is 0 Å². The Morgan fingerprint density at radius 2 is 0.964 bits per heavy atom. The van der Waals surface area contributed by atoms with Crippen LogP contribution in [-0.4, -0.2) is 75.5 Å². The SMILES string of the molecule is CC/C=C/C/C=C/C/C=C/CCCCCCCCCCCC(=O)OC(COCCC(C(=O)[O-])[N+](C)(C)C)COC(=O)CCCCCCC/C=C/C/C=C/CC. The maximum atomic E-state index is 12.7. The molecule has 2 atom stereocenters. The molecule has 0 amide bonds. The van der Waals surface area contributed by atoms with Crippen molar-refractivity contribution in [3.63, 3.8) is 0 Å². The maximum Gasteiger partial charge on any atom is 0.306 e.